The van der Waals surface area contributed by atoms with Crippen molar-refractivity contribution < 1.29 is 9.32 Å². The number of rotatable bonds is 6. The van der Waals surface area contributed by atoms with Crippen LogP contribution in [0.4, 0.5) is 11.8 Å². The average molecular weight is 435 g/mol. The molecule has 2 unspecified atom stereocenters. The van der Waals surface area contributed by atoms with Gasteiger partial charge in [0.1, 0.15) is 11.6 Å². The SMILES string of the molecule is C[S@@](=O)c1cnc(N2CC3C(C2)C3c2ncc(Cl)cn2)nc1NC1(CO)CCC1. The third-order valence-electron chi connectivity index (χ3n) is 6.46. The molecule has 0 spiro atoms. The molecule has 1 saturated heterocycles. The fourth-order valence-corrected chi connectivity index (χ4v) is 5.23. The molecule has 0 radical (unpaired) electrons. The molecule has 3 fully saturated rings. The van der Waals surface area contributed by atoms with E-state index in [-0.39, 0.29) is 12.1 Å². The van der Waals surface area contributed by atoms with Crippen LogP contribution in [0.3, 0.4) is 0 Å². The lowest BCUT2D eigenvalue weighted by molar-refractivity contribution is 0.143. The molecule has 29 heavy (non-hydrogen) atoms. The van der Waals surface area contributed by atoms with Gasteiger partial charge < -0.3 is 15.3 Å². The molecule has 5 rings (SSSR count). The van der Waals surface area contributed by atoms with Crippen molar-refractivity contribution in [2.45, 2.75) is 35.6 Å². The van der Waals surface area contributed by atoms with E-state index in [0.29, 0.717) is 39.4 Å². The van der Waals surface area contributed by atoms with Crippen LogP contribution >= 0.6 is 11.6 Å². The van der Waals surface area contributed by atoms with Crippen molar-refractivity contribution in [3.63, 3.8) is 0 Å². The van der Waals surface area contributed by atoms with Crippen LogP contribution in [0, 0.1) is 11.8 Å². The minimum absolute atomic E-state index is 0.0404. The second kappa shape index (κ2) is 7.14. The zero-order valence-corrected chi connectivity index (χ0v) is 17.7. The molecule has 2 N–H and O–H groups in total. The predicted molar refractivity (Wildman–Crippen MR) is 111 cm³/mol. The topological polar surface area (TPSA) is 104 Å². The van der Waals surface area contributed by atoms with Crippen molar-refractivity contribution >= 4 is 34.2 Å². The zero-order valence-electron chi connectivity index (χ0n) is 16.1. The van der Waals surface area contributed by atoms with Crippen molar-refractivity contribution in [3.05, 3.63) is 29.4 Å². The molecular weight excluding hydrogens is 412 g/mol. The van der Waals surface area contributed by atoms with E-state index in [1.54, 1.807) is 24.8 Å². The second-order valence-electron chi connectivity index (χ2n) is 8.27. The van der Waals surface area contributed by atoms with Crippen LogP contribution in [-0.4, -0.2) is 60.7 Å². The number of aliphatic hydroxyl groups is 1. The number of aliphatic hydroxyl groups excluding tert-OH is 1. The standard InChI is InChI=1S/C19H23ClN6O2S/c1-29(28)14-7-23-18(24-16(14)25-19(10-27)3-2-4-19)26-8-12-13(9-26)15(12)17-21-5-11(20)6-22-17/h5-7,12-13,15,27H,2-4,8-10H2,1H3,(H,23,24,25)/t12?,13?,15?,29-/m1/s1. The maximum atomic E-state index is 12.2. The summed E-state index contributed by atoms with van der Waals surface area (Å²) in [6.07, 6.45) is 9.41. The number of nitrogens with one attached hydrogen (secondary N) is 1. The summed E-state index contributed by atoms with van der Waals surface area (Å²) in [6.45, 7) is 1.74. The van der Waals surface area contributed by atoms with Gasteiger partial charge in [-0.2, -0.15) is 4.98 Å². The Morgan fingerprint density at radius 3 is 2.48 bits per heavy atom. The Morgan fingerprint density at radius 1 is 1.24 bits per heavy atom. The van der Waals surface area contributed by atoms with Gasteiger partial charge in [-0.05, 0) is 31.1 Å². The van der Waals surface area contributed by atoms with E-state index >= 15 is 0 Å². The van der Waals surface area contributed by atoms with E-state index in [9.17, 15) is 9.32 Å². The highest BCUT2D eigenvalue weighted by molar-refractivity contribution is 7.84. The Balaban J connectivity index is 1.33. The number of hydrogen-bond acceptors (Lipinski definition) is 8. The molecule has 0 aromatic carbocycles. The first-order valence-electron chi connectivity index (χ1n) is 9.81. The molecular formula is C19H23ClN6O2S. The van der Waals surface area contributed by atoms with E-state index in [2.05, 4.69) is 25.2 Å². The van der Waals surface area contributed by atoms with Crippen LogP contribution in [0.2, 0.25) is 5.02 Å². The zero-order chi connectivity index (χ0) is 20.2. The van der Waals surface area contributed by atoms with Gasteiger partial charge in [-0.15, -0.1) is 0 Å². The number of halogens is 1. The van der Waals surface area contributed by atoms with Crippen LogP contribution in [0.5, 0.6) is 0 Å². The number of anilines is 2. The lowest BCUT2D eigenvalue weighted by Gasteiger charge is -2.41. The summed E-state index contributed by atoms with van der Waals surface area (Å²) in [4.78, 5) is 20.7. The molecule has 154 valence electrons. The fourth-order valence-electron chi connectivity index (χ4n) is 4.56. The van der Waals surface area contributed by atoms with Crippen molar-refractivity contribution in [3.8, 4) is 0 Å². The van der Waals surface area contributed by atoms with Crippen molar-refractivity contribution in [1.82, 2.24) is 19.9 Å². The lowest BCUT2D eigenvalue weighted by atomic mass is 9.77. The van der Waals surface area contributed by atoms with Crippen LogP contribution in [-0.2, 0) is 10.8 Å². The van der Waals surface area contributed by atoms with Gasteiger partial charge in [0.15, 0.2) is 0 Å². The Hall–Kier alpha value is -1.84. The van der Waals surface area contributed by atoms with Crippen molar-refractivity contribution in [1.29, 1.82) is 0 Å². The highest BCUT2D eigenvalue weighted by atomic mass is 35.5. The molecule has 3 atom stereocenters. The Morgan fingerprint density at radius 2 is 1.93 bits per heavy atom. The van der Waals surface area contributed by atoms with Gasteiger partial charge >= 0.3 is 0 Å². The monoisotopic (exact) mass is 434 g/mol. The summed E-state index contributed by atoms with van der Waals surface area (Å²) in [5.74, 6) is 3.42. The normalized spacial score (nSPS) is 27.8. The van der Waals surface area contributed by atoms with Crippen molar-refractivity contribution in [2.75, 3.05) is 36.2 Å². The van der Waals surface area contributed by atoms with Crippen LogP contribution in [0.1, 0.15) is 31.0 Å². The summed E-state index contributed by atoms with van der Waals surface area (Å²) >= 11 is 5.89. The van der Waals surface area contributed by atoms with Gasteiger partial charge in [-0.25, -0.2) is 15.0 Å². The van der Waals surface area contributed by atoms with Crippen molar-refractivity contribution in [2.24, 2.45) is 11.8 Å². The first-order valence-corrected chi connectivity index (χ1v) is 11.8. The smallest absolute Gasteiger partial charge is 0.227 e. The maximum Gasteiger partial charge on any atom is 0.227 e. The maximum absolute atomic E-state index is 12.2. The average Bonchev–Trinajstić information content (AvgIpc) is 3.17. The van der Waals surface area contributed by atoms with Gasteiger partial charge in [0.2, 0.25) is 5.95 Å². The number of aromatic nitrogens is 4. The minimum atomic E-state index is -1.21. The molecule has 3 aliphatic rings. The molecule has 2 aromatic heterocycles. The number of fused-ring (bicyclic) bond motifs is 1. The van der Waals surface area contributed by atoms with Gasteiger partial charge in [-0.3, -0.25) is 4.21 Å². The fraction of sp³-hybridized carbons (Fsp3) is 0.579. The summed E-state index contributed by atoms with van der Waals surface area (Å²) in [5, 5.41) is 13.7. The summed E-state index contributed by atoms with van der Waals surface area (Å²) in [6, 6.07) is 0. The van der Waals surface area contributed by atoms with Gasteiger partial charge in [0, 0.05) is 37.7 Å². The Bertz CT molecular complexity index is 937. The quantitative estimate of drug-likeness (QED) is 0.709. The molecule has 8 nitrogen and oxygen atoms in total. The third kappa shape index (κ3) is 3.39. The molecule has 1 aliphatic heterocycles. The van der Waals surface area contributed by atoms with Crippen LogP contribution < -0.4 is 10.2 Å². The molecule has 2 aromatic rings. The second-order valence-corrected chi connectivity index (χ2v) is 10.1. The van der Waals surface area contributed by atoms with E-state index in [4.69, 9.17) is 16.6 Å². The van der Waals surface area contributed by atoms with Gasteiger partial charge in [-0.1, -0.05) is 11.6 Å². The molecule has 0 amide bonds. The van der Waals surface area contributed by atoms with Crippen LogP contribution in [0.25, 0.3) is 0 Å². The largest absolute Gasteiger partial charge is 0.394 e. The predicted octanol–water partition coefficient (Wildman–Crippen LogP) is 1.83. The van der Waals surface area contributed by atoms with E-state index in [0.717, 1.165) is 38.2 Å². The lowest BCUT2D eigenvalue weighted by Crippen LogP contribution is -2.48. The highest BCUT2D eigenvalue weighted by Crippen LogP contribution is 2.57. The van der Waals surface area contributed by atoms with Gasteiger partial charge in [0.25, 0.3) is 0 Å². The summed E-state index contributed by atoms with van der Waals surface area (Å²) < 4.78 is 12.2. The number of nitrogens with zero attached hydrogens (tertiary/aromatic N) is 5. The number of hydrogen-bond donors (Lipinski definition) is 2. The first-order chi connectivity index (χ1) is 14.0. The first kappa shape index (κ1) is 19.1. The van der Waals surface area contributed by atoms with Gasteiger partial charge in [0.05, 0.1) is 39.1 Å². The highest BCUT2D eigenvalue weighted by Gasteiger charge is 2.58. The minimum Gasteiger partial charge on any atom is -0.394 e. The van der Waals surface area contributed by atoms with E-state index in [1.165, 1.54) is 0 Å². The Kier molecular flexibility index (Phi) is 4.71. The van der Waals surface area contributed by atoms with Crippen LogP contribution in [0.15, 0.2) is 23.5 Å². The molecule has 10 heteroatoms. The molecule has 2 aliphatic carbocycles. The number of piperidine rings is 1. The van der Waals surface area contributed by atoms with E-state index < -0.39 is 10.8 Å². The molecule has 2 saturated carbocycles. The summed E-state index contributed by atoms with van der Waals surface area (Å²) in [5.41, 5.74) is -0.357. The third-order valence-corrected chi connectivity index (χ3v) is 7.58. The van der Waals surface area contributed by atoms with E-state index in [1.807, 2.05) is 0 Å². The molecule has 0 bridgehead atoms. The Labute approximate surface area is 176 Å². The molecule has 3 heterocycles. The summed E-state index contributed by atoms with van der Waals surface area (Å²) in [7, 11) is -1.21.